The summed E-state index contributed by atoms with van der Waals surface area (Å²) in [4.78, 5) is 18.4. The van der Waals surface area contributed by atoms with Gasteiger partial charge in [0.05, 0.1) is 12.3 Å². The van der Waals surface area contributed by atoms with E-state index in [1.807, 2.05) is 62.3 Å². The fourth-order valence-corrected chi connectivity index (χ4v) is 2.28. The number of aliphatic hydroxyl groups excluding tert-OH is 1. The van der Waals surface area contributed by atoms with E-state index >= 15 is 0 Å². The topological polar surface area (TPSA) is 77.5 Å². The van der Waals surface area contributed by atoms with Gasteiger partial charge >= 0.3 is 6.03 Å². The minimum absolute atomic E-state index is 0.0414. The number of aryl methyl sites for hydroxylation is 1. The number of urea groups is 1. The van der Waals surface area contributed by atoms with Crippen molar-refractivity contribution in [2.45, 2.75) is 20.0 Å². The number of carbonyl (C=O) groups is 1. The van der Waals surface area contributed by atoms with Crippen LogP contribution in [0.1, 0.15) is 16.8 Å². The van der Waals surface area contributed by atoms with Crippen LogP contribution in [-0.2, 0) is 13.0 Å². The lowest BCUT2D eigenvalue weighted by Gasteiger charge is -2.17. The summed E-state index contributed by atoms with van der Waals surface area (Å²) in [5, 5.41) is 14.7. The molecule has 0 atom stereocenters. The molecular weight excluding hydrogens is 304 g/mol. The molecule has 0 saturated heterocycles. The SMILES string of the molecule is Cc1ccc(NC(=O)NCCc2ccc(CO)cc2)c(N(C)C)n1. The molecule has 2 aromatic rings. The first kappa shape index (κ1) is 17.7. The van der Waals surface area contributed by atoms with E-state index in [0.29, 0.717) is 12.2 Å². The molecular formula is C18H24N4O2. The quantitative estimate of drug-likeness (QED) is 0.760. The summed E-state index contributed by atoms with van der Waals surface area (Å²) in [7, 11) is 3.78. The highest BCUT2D eigenvalue weighted by Crippen LogP contribution is 2.21. The van der Waals surface area contributed by atoms with Crippen LogP contribution in [0.4, 0.5) is 16.3 Å². The first-order chi connectivity index (χ1) is 11.5. The molecule has 0 bridgehead atoms. The van der Waals surface area contributed by atoms with Gasteiger partial charge in [0.15, 0.2) is 5.82 Å². The van der Waals surface area contributed by atoms with Crippen molar-refractivity contribution in [2.24, 2.45) is 0 Å². The number of hydrogen-bond donors (Lipinski definition) is 3. The van der Waals surface area contributed by atoms with Gasteiger partial charge in [-0.3, -0.25) is 0 Å². The van der Waals surface area contributed by atoms with Crippen molar-refractivity contribution in [1.29, 1.82) is 0 Å². The van der Waals surface area contributed by atoms with E-state index in [-0.39, 0.29) is 12.6 Å². The smallest absolute Gasteiger partial charge is 0.319 e. The number of nitrogens with one attached hydrogen (secondary N) is 2. The van der Waals surface area contributed by atoms with E-state index in [1.165, 1.54) is 0 Å². The Kier molecular flexibility index (Phi) is 6.14. The molecule has 3 N–H and O–H groups in total. The zero-order valence-corrected chi connectivity index (χ0v) is 14.3. The molecule has 24 heavy (non-hydrogen) atoms. The monoisotopic (exact) mass is 328 g/mol. The Hall–Kier alpha value is -2.60. The van der Waals surface area contributed by atoms with Gasteiger partial charge in [-0.25, -0.2) is 9.78 Å². The van der Waals surface area contributed by atoms with Crippen molar-refractivity contribution >= 4 is 17.5 Å². The van der Waals surface area contributed by atoms with Crippen molar-refractivity contribution in [2.75, 3.05) is 30.9 Å². The predicted molar refractivity (Wildman–Crippen MR) is 96.4 cm³/mol. The second kappa shape index (κ2) is 8.31. The Morgan fingerprint density at radius 2 is 1.79 bits per heavy atom. The Morgan fingerprint density at radius 1 is 1.12 bits per heavy atom. The molecule has 0 radical (unpaired) electrons. The number of amides is 2. The first-order valence-corrected chi connectivity index (χ1v) is 7.88. The van der Waals surface area contributed by atoms with E-state index in [0.717, 1.165) is 29.1 Å². The van der Waals surface area contributed by atoms with Crippen LogP contribution in [0.25, 0.3) is 0 Å². The predicted octanol–water partition coefficient (Wildman–Crippen LogP) is 2.31. The summed E-state index contributed by atoms with van der Waals surface area (Å²) in [5.74, 6) is 0.727. The van der Waals surface area contributed by atoms with Crippen LogP contribution in [0.2, 0.25) is 0 Å². The first-order valence-electron chi connectivity index (χ1n) is 7.88. The highest BCUT2D eigenvalue weighted by molar-refractivity contribution is 5.92. The van der Waals surface area contributed by atoms with Crippen LogP contribution in [0.3, 0.4) is 0 Å². The van der Waals surface area contributed by atoms with Gasteiger partial charge < -0.3 is 20.6 Å². The minimum Gasteiger partial charge on any atom is -0.392 e. The van der Waals surface area contributed by atoms with Crippen LogP contribution >= 0.6 is 0 Å². The molecule has 6 heteroatoms. The molecule has 0 fully saturated rings. The lowest BCUT2D eigenvalue weighted by molar-refractivity contribution is 0.252. The average molecular weight is 328 g/mol. The van der Waals surface area contributed by atoms with E-state index in [9.17, 15) is 4.79 Å². The van der Waals surface area contributed by atoms with Gasteiger partial charge in [-0.1, -0.05) is 24.3 Å². The second-order valence-corrected chi connectivity index (χ2v) is 5.82. The van der Waals surface area contributed by atoms with Crippen LogP contribution in [0.15, 0.2) is 36.4 Å². The number of anilines is 2. The molecule has 1 heterocycles. The maximum absolute atomic E-state index is 12.1. The zero-order valence-electron chi connectivity index (χ0n) is 14.3. The van der Waals surface area contributed by atoms with Crippen molar-refractivity contribution < 1.29 is 9.90 Å². The molecule has 1 aromatic heterocycles. The third kappa shape index (κ3) is 4.96. The Balaban J connectivity index is 1.87. The van der Waals surface area contributed by atoms with Crippen LogP contribution in [0.5, 0.6) is 0 Å². The molecule has 1 aromatic carbocycles. The maximum Gasteiger partial charge on any atom is 0.319 e. The van der Waals surface area contributed by atoms with Crippen LogP contribution < -0.4 is 15.5 Å². The summed E-state index contributed by atoms with van der Waals surface area (Å²) >= 11 is 0. The van der Waals surface area contributed by atoms with Crippen LogP contribution in [0, 0.1) is 6.92 Å². The van der Waals surface area contributed by atoms with E-state index in [4.69, 9.17) is 5.11 Å². The molecule has 0 aliphatic rings. The average Bonchev–Trinajstić information content (AvgIpc) is 2.57. The third-order valence-corrected chi connectivity index (χ3v) is 3.59. The summed E-state index contributed by atoms with van der Waals surface area (Å²) < 4.78 is 0. The summed E-state index contributed by atoms with van der Waals surface area (Å²) in [5.41, 5.74) is 3.57. The molecule has 2 amide bonds. The number of carbonyl (C=O) groups excluding carboxylic acids is 1. The van der Waals surface area contributed by atoms with Crippen molar-refractivity contribution in [3.05, 3.63) is 53.2 Å². The van der Waals surface area contributed by atoms with Gasteiger partial charge in [0.1, 0.15) is 0 Å². The molecule has 0 aliphatic heterocycles. The Morgan fingerprint density at radius 3 is 2.42 bits per heavy atom. The Labute approximate surface area is 142 Å². The number of rotatable bonds is 6. The molecule has 0 saturated carbocycles. The Bertz CT molecular complexity index is 684. The molecule has 128 valence electrons. The molecule has 2 rings (SSSR count). The highest BCUT2D eigenvalue weighted by Gasteiger charge is 2.09. The summed E-state index contributed by atoms with van der Waals surface area (Å²) in [6.07, 6.45) is 0.728. The lowest BCUT2D eigenvalue weighted by Crippen LogP contribution is -2.31. The number of nitrogens with zero attached hydrogens (tertiary/aromatic N) is 2. The van der Waals surface area contributed by atoms with Crippen molar-refractivity contribution in [1.82, 2.24) is 10.3 Å². The minimum atomic E-state index is -0.254. The third-order valence-electron chi connectivity index (χ3n) is 3.59. The number of pyridine rings is 1. The molecule has 0 unspecified atom stereocenters. The van der Waals surface area contributed by atoms with Crippen molar-refractivity contribution in [3.8, 4) is 0 Å². The van der Waals surface area contributed by atoms with Crippen molar-refractivity contribution in [3.63, 3.8) is 0 Å². The number of aromatic nitrogens is 1. The van der Waals surface area contributed by atoms with Gasteiger partial charge in [0, 0.05) is 26.3 Å². The highest BCUT2D eigenvalue weighted by atomic mass is 16.3. The number of aliphatic hydroxyl groups is 1. The largest absolute Gasteiger partial charge is 0.392 e. The van der Waals surface area contributed by atoms with E-state index in [2.05, 4.69) is 15.6 Å². The lowest BCUT2D eigenvalue weighted by atomic mass is 10.1. The molecule has 0 spiro atoms. The van der Waals surface area contributed by atoms with Gasteiger partial charge in [0.2, 0.25) is 0 Å². The molecule has 6 nitrogen and oxygen atoms in total. The van der Waals surface area contributed by atoms with E-state index < -0.39 is 0 Å². The van der Waals surface area contributed by atoms with Gasteiger partial charge in [-0.15, -0.1) is 0 Å². The summed E-state index contributed by atoms with van der Waals surface area (Å²) in [6, 6.07) is 11.2. The number of hydrogen-bond acceptors (Lipinski definition) is 4. The molecule has 0 aliphatic carbocycles. The van der Waals surface area contributed by atoms with Gasteiger partial charge in [0.25, 0.3) is 0 Å². The fraction of sp³-hybridized carbons (Fsp3) is 0.333. The number of benzene rings is 1. The summed E-state index contributed by atoms with van der Waals surface area (Å²) in [6.45, 7) is 2.49. The van der Waals surface area contributed by atoms with Gasteiger partial charge in [-0.05, 0) is 36.6 Å². The second-order valence-electron chi connectivity index (χ2n) is 5.82. The normalized spacial score (nSPS) is 10.3. The zero-order chi connectivity index (χ0) is 17.5. The maximum atomic E-state index is 12.1. The van der Waals surface area contributed by atoms with E-state index in [1.54, 1.807) is 0 Å². The fourth-order valence-electron chi connectivity index (χ4n) is 2.28. The van der Waals surface area contributed by atoms with Gasteiger partial charge in [-0.2, -0.15) is 0 Å². The van der Waals surface area contributed by atoms with Crippen LogP contribution in [-0.4, -0.2) is 36.8 Å². The standard InChI is InChI=1S/C18H24N4O2/c1-13-4-9-16(17(20-13)22(2)3)21-18(24)19-11-10-14-5-7-15(12-23)8-6-14/h4-9,23H,10-12H2,1-3H3,(H2,19,21,24).